The summed E-state index contributed by atoms with van der Waals surface area (Å²) in [4.78, 5) is 37.8. The molecule has 0 radical (unpaired) electrons. The number of nitrogens with zero attached hydrogens (tertiary/aromatic N) is 5. The van der Waals surface area contributed by atoms with Gasteiger partial charge < -0.3 is 20.1 Å². The van der Waals surface area contributed by atoms with Gasteiger partial charge in [0.1, 0.15) is 11.3 Å². The van der Waals surface area contributed by atoms with Crippen molar-refractivity contribution in [3.8, 4) is 28.8 Å². The van der Waals surface area contributed by atoms with E-state index in [4.69, 9.17) is 25.5 Å². The smallest absolute Gasteiger partial charge is 0.345 e. The second kappa shape index (κ2) is 13.4. The molecule has 5 rings (SSSR count). The molecule has 2 N–H and O–H groups in total. The van der Waals surface area contributed by atoms with Gasteiger partial charge >= 0.3 is 5.97 Å². The Balaban J connectivity index is 1.34. The second-order valence-electron chi connectivity index (χ2n) is 10.7. The molecule has 0 spiro atoms. The molecule has 1 fully saturated rings. The van der Waals surface area contributed by atoms with Gasteiger partial charge in [0.2, 0.25) is 17.7 Å². The van der Waals surface area contributed by atoms with Gasteiger partial charge in [-0.2, -0.15) is 10.2 Å². The van der Waals surface area contributed by atoms with Gasteiger partial charge in [0, 0.05) is 38.3 Å². The summed E-state index contributed by atoms with van der Waals surface area (Å²) < 4.78 is 11.6. The van der Waals surface area contributed by atoms with Crippen LogP contribution in [0.2, 0.25) is 0 Å². The summed E-state index contributed by atoms with van der Waals surface area (Å²) in [6.45, 7) is 9.55. The molecule has 0 bridgehead atoms. The van der Waals surface area contributed by atoms with Gasteiger partial charge in [-0.15, -0.1) is 0 Å². The largest absolute Gasteiger partial charge is 0.462 e. The van der Waals surface area contributed by atoms with Crippen LogP contribution in [0.25, 0.3) is 11.1 Å². The summed E-state index contributed by atoms with van der Waals surface area (Å²) in [5.74, 6) is 0.231. The monoisotopic (exact) mass is 590 g/mol. The molecule has 10 nitrogen and oxygen atoms in total. The molecule has 0 saturated carbocycles. The van der Waals surface area contributed by atoms with Crippen molar-refractivity contribution in [2.45, 2.75) is 27.3 Å². The van der Waals surface area contributed by atoms with Crippen LogP contribution in [0.5, 0.6) is 11.6 Å². The molecule has 0 aliphatic carbocycles. The van der Waals surface area contributed by atoms with E-state index in [0.29, 0.717) is 35.9 Å². The maximum absolute atomic E-state index is 12.8. The predicted molar refractivity (Wildman–Crippen MR) is 167 cm³/mol. The van der Waals surface area contributed by atoms with Crippen molar-refractivity contribution >= 4 is 17.8 Å². The second-order valence-corrected chi connectivity index (χ2v) is 10.7. The Bertz CT molecular complexity index is 1680. The minimum absolute atomic E-state index is 0.141. The Morgan fingerprint density at radius 3 is 2.20 bits per heavy atom. The summed E-state index contributed by atoms with van der Waals surface area (Å²) in [5, 5.41) is 9.12. The molecule has 1 aliphatic rings. The van der Waals surface area contributed by atoms with Crippen molar-refractivity contribution in [3.05, 3.63) is 100 Å². The summed E-state index contributed by atoms with van der Waals surface area (Å²) in [6.07, 6.45) is 1.47. The van der Waals surface area contributed by atoms with E-state index >= 15 is 0 Å². The van der Waals surface area contributed by atoms with Crippen LogP contribution in [0.1, 0.15) is 49.9 Å². The number of aryl methyl sites for hydroxylation is 2. The lowest BCUT2D eigenvalue weighted by Gasteiger charge is -2.34. The van der Waals surface area contributed by atoms with Crippen LogP contribution in [-0.2, 0) is 11.3 Å². The van der Waals surface area contributed by atoms with Crippen LogP contribution >= 0.6 is 0 Å². The van der Waals surface area contributed by atoms with Crippen molar-refractivity contribution in [2.24, 2.45) is 5.73 Å². The number of ether oxygens (including phenoxy) is 2. The van der Waals surface area contributed by atoms with Crippen LogP contribution in [0.15, 0.2) is 66.9 Å². The number of benzene rings is 3. The minimum atomic E-state index is -0.550. The van der Waals surface area contributed by atoms with E-state index in [2.05, 4.69) is 20.9 Å². The number of anilines is 1. The van der Waals surface area contributed by atoms with Gasteiger partial charge in [0.05, 0.1) is 24.4 Å². The quantitative estimate of drug-likeness (QED) is 0.267. The third-order valence-electron chi connectivity index (χ3n) is 7.54. The standard InChI is InChI=1S/C34H34N6O4/c1-4-43-33(42)29-20-37-34(40-15-13-39(14-16-40)21-25-7-11-27(12-8-25)31(36)41)38-32(29)44-30-22(2)17-28(18-23(30)3)26-9-5-24(19-35)6-10-26/h5-12,17-18,20H,4,13-16,21H2,1-3H3,(H2,36,41). The van der Waals surface area contributed by atoms with E-state index in [0.717, 1.165) is 47.5 Å². The van der Waals surface area contributed by atoms with Crippen LogP contribution in [0, 0.1) is 25.2 Å². The summed E-state index contributed by atoms with van der Waals surface area (Å²) in [7, 11) is 0. The highest BCUT2D eigenvalue weighted by atomic mass is 16.5. The van der Waals surface area contributed by atoms with E-state index in [1.54, 1.807) is 31.2 Å². The van der Waals surface area contributed by atoms with Crippen LogP contribution < -0.4 is 15.4 Å². The first kappa shape index (κ1) is 30.2. The number of primary amides is 1. The van der Waals surface area contributed by atoms with Crippen molar-refractivity contribution in [1.82, 2.24) is 14.9 Å². The van der Waals surface area contributed by atoms with Gasteiger partial charge in [0.25, 0.3) is 0 Å². The topological polar surface area (TPSA) is 135 Å². The lowest BCUT2D eigenvalue weighted by molar-refractivity contribution is 0.0522. The van der Waals surface area contributed by atoms with Crippen LogP contribution in [0.3, 0.4) is 0 Å². The molecule has 1 saturated heterocycles. The average Bonchev–Trinajstić information content (AvgIpc) is 3.03. The average molecular weight is 591 g/mol. The van der Waals surface area contributed by atoms with E-state index in [1.807, 2.05) is 50.2 Å². The summed E-state index contributed by atoms with van der Waals surface area (Å²) in [6, 6.07) is 20.9. The normalized spacial score (nSPS) is 13.3. The highest BCUT2D eigenvalue weighted by Crippen LogP contribution is 2.35. The third kappa shape index (κ3) is 6.85. The number of rotatable bonds is 9. The van der Waals surface area contributed by atoms with Gasteiger partial charge in [0.15, 0.2) is 0 Å². The Labute approximate surface area is 256 Å². The fourth-order valence-corrected chi connectivity index (χ4v) is 5.19. The summed E-state index contributed by atoms with van der Waals surface area (Å²) in [5.41, 5.74) is 11.4. The van der Waals surface area contributed by atoms with Crippen molar-refractivity contribution < 1.29 is 19.1 Å². The number of esters is 1. The van der Waals surface area contributed by atoms with E-state index < -0.39 is 11.9 Å². The minimum Gasteiger partial charge on any atom is -0.462 e. The molecular formula is C34H34N6O4. The zero-order chi connectivity index (χ0) is 31.2. The van der Waals surface area contributed by atoms with E-state index in [1.165, 1.54) is 6.20 Å². The van der Waals surface area contributed by atoms with Crippen molar-refractivity contribution in [2.75, 3.05) is 37.7 Å². The Kier molecular flexibility index (Phi) is 9.17. The molecule has 0 unspecified atom stereocenters. The Morgan fingerprint density at radius 1 is 0.955 bits per heavy atom. The van der Waals surface area contributed by atoms with Gasteiger partial charge in [-0.05, 0) is 85.0 Å². The van der Waals surface area contributed by atoms with Crippen molar-refractivity contribution in [1.29, 1.82) is 5.26 Å². The van der Waals surface area contributed by atoms with Gasteiger partial charge in [-0.3, -0.25) is 9.69 Å². The lowest BCUT2D eigenvalue weighted by atomic mass is 9.99. The molecule has 0 atom stereocenters. The number of piperazine rings is 1. The fraction of sp³-hybridized carbons (Fsp3) is 0.265. The first-order valence-electron chi connectivity index (χ1n) is 14.5. The number of carbonyl (C=O) groups is 2. The molecule has 1 amide bonds. The van der Waals surface area contributed by atoms with Crippen molar-refractivity contribution in [3.63, 3.8) is 0 Å². The third-order valence-corrected chi connectivity index (χ3v) is 7.54. The number of nitrogens with two attached hydrogens (primary N) is 1. The first-order valence-corrected chi connectivity index (χ1v) is 14.5. The number of hydrogen-bond donors (Lipinski definition) is 1. The number of carbonyl (C=O) groups excluding carboxylic acids is 2. The highest BCUT2D eigenvalue weighted by Gasteiger charge is 2.24. The molecular weight excluding hydrogens is 556 g/mol. The van der Waals surface area contributed by atoms with Gasteiger partial charge in [-0.1, -0.05) is 24.3 Å². The molecule has 44 heavy (non-hydrogen) atoms. The molecule has 1 aromatic heterocycles. The molecule has 3 aromatic carbocycles. The molecule has 2 heterocycles. The lowest BCUT2D eigenvalue weighted by Crippen LogP contribution is -2.46. The first-order chi connectivity index (χ1) is 21.2. The molecule has 1 aliphatic heterocycles. The zero-order valence-corrected chi connectivity index (χ0v) is 25.0. The fourth-order valence-electron chi connectivity index (χ4n) is 5.19. The molecule has 4 aromatic rings. The Hall–Kier alpha value is -5.27. The van der Waals surface area contributed by atoms with E-state index in [-0.39, 0.29) is 18.1 Å². The molecule has 10 heteroatoms. The number of nitriles is 1. The maximum Gasteiger partial charge on any atom is 0.345 e. The van der Waals surface area contributed by atoms with Gasteiger partial charge in [-0.25, -0.2) is 9.78 Å². The van der Waals surface area contributed by atoms with E-state index in [9.17, 15) is 9.59 Å². The number of hydrogen-bond acceptors (Lipinski definition) is 9. The Morgan fingerprint density at radius 2 is 1.61 bits per heavy atom. The number of aromatic nitrogens is 2. The zero-order valence-electron chi connectivity index (χ0n) is 25.0. The molecule has 224 valence electrons. The number of amides is 1. The SMILES string of the molecule is CCOC(=O)c1cnc(N2CCN(Cc3ccc(C(N)=O)cc3)CC2)nc1Oc1c(C)cc(-c2ccc(C#N)cc2)cc1C. The summed E-state index contributed by atoms with van der Waals surface area (Å²) >= 11 is 0. The van der Waals surface area contributed by atoms with Crippen LogP contribution in [0.4, 0.5) is 5.95 Å². The predicted octanol–water partition coefficient (Wildman–Crippen LogP) is 5.02. The van der Waals surface area contributed by atoms with Crippen LogP contribution in [-0.4, -0.2) is 59.5 Å². The highest BCUT2D eigenvalue weighted by molar-refractivity contribution is 5.93. The maximum atomic E-state index is 12.8.